The highest BCUT2D eigenvalue weighted by Crippen LogP contribution is 2.18. The summed E-state index contributed by atoms with van der Waals surface area (Å²) in [6.45, 7) is 9.44. The molecule has 0 heterocycles. The van der Waals surface area contributed by atoms with E-state index in [0.29, 0.717) is 16.6 Å². The molecule has 0 unspecified atom stereocenters. The number of nitrogens with one attached hydrogen (secondary N) is 1. The van der Waals surface area contributed by atoms with Gasteiger partial charge in [0.25, 0.3) is 11.8 Å². The van der Waals surface area contributed by atoms with E-state index in [-0.39, 0.29) is 11.8 Å². The molecular formula is C20H24BN2O3. The quantitative estimate of drug-likeness (QED) is 0.658. The number of rotatable bonds is 3. The Morgan fingerprint density at radius 2 is 1.50 bits per heavy atom. The molecule has 5 nitrogen and oxygen atoms in total. The lowest BCUT2D eigenvalue weighted by molar-refractivity contribution is 0.0358. The van der Waals surface area contributed by atoms with Crippen LogP contribution in [-0.4, -0.2) is 34.9 Å². The first-order chi connectivity index (χ1) is 12.1. The van der Waals surface area contributed by atoms with Crippen molar-refractivity contribution < 1.29 is 14.6 Å². The summed E-state index contributed by atoms with van der Waals surface area (Å²) in [5, 5.41) is 10.3. The molecule has 6 heteroatoms. The van der Waals surface area contributed by atoms with Crippen molar-refractivity contribution in [2.24, 2.45) is 0 Å². The minimum absolute atomic E-state index is 0.266. The lowest BCUT2D eigenvalue weighted by Gasteiger charge is -2.35. The molecule has 0 aromatic heterocycles. The Morgan fingerprint density at radius 3 is 1.96 bits per heavy atom. The van der Waals surface area contributed by atoms with Gasteiger partial charge in [-0.2, -0.15) is 0 Å². The van der Waals surface area contributed by atoms with Gasteiger partial charge in [0.1, 0.15) is 0 Å². The predicted octanol–water partition coefficient (Wildman–Crippen LogP) is 2.13. The van der Waals surface area contributed by atoms with Crippen LogP contribution in [0.2, 0.25) is 0 Å². The minimum Gasteiger partial charge on any atom is -0.450 e. The number of benzene rings is 2. The molecule has 0 bridgehead atoms. The van der Waals surface area contributed by atoms with Crippen molar-refractivity contribution in [1.29, 1.82) is 0 Å². The molecule has 0 aliphatic carbocycles. The number of hydrogen-bond donors (Lipinski definition) is 2. The van der Waals surface area contributed by atoms with Crippen LogP contribution in [0.5, 0.6) is 0 Å². The monoisotopic (exact) mass is 351 g/mol. The molecule has 2 rings (SSSR count). The molecule has 2 aromatic carbocycles. The van der Waals surface area contributed by atoms with Crippen molar-refractivity contribution in [2.45, 2.75) is 40.2 Å². The van der Waals surface area contributed by atoms with Crippen LogP contribution < -0.4 is 10.9 Å². The first kappa shape index (κ1) is 19.7. The van der Waals surface area contributed by atoms with Gasteiger partial charge in [-0.3, -0.25) is 15.0 Å². The minimum atomic E-state index is -0.608. The SMILES string of the molecule is Cc1cc(C)cc(C(=O)N(NC(=O)c2ccc([B]O)cc2)C(C)(C)C)c1. The summed E-state index contributed by atoms with van der Waals surface area (Å²) >= 11 is 0. The molecule has 135 valence electrons. The van der Waals surface area contributed by atoms with E-state index in [2.05, 4.69) is 5.43 Å². The van der Waals surface area contributed by atoms with Crippen LogP contribution in [0, 0.1) is 13.8 Å². The fourth-order valence-corrected chi connectivity index (χ4v) is 2.64. The number of carbonyl (C=O) groups is 2. The summed E-state index contributed by atoms with van der Waals surface area (Å²) in [6.07, 6.45) is 0. The van der Waals surface area contributed by atoms with E-state index in [4.69, 9.17) is 5.02 Å². The smallest absolute Gasteiger partial charge is 0.326 e. The average Bonchev–Trinajstić information content (AvgIpc) is 2.57. The van der Waals surface area contributed by atoms with Gasteiger partial charge in [-0.15, -0.1) is 0 Å². The molecule has 0 aliphatic rings. The first-order valence-corrected chi connectivity index (χ1v) is 8.43. The van der Waals surface area contributed by atoms with Gasteiger partial charge < -0.3 is 5.02 Å². The maximum absolute atomic E-state index is 13.0. The van der Waals surface area contributed by atoms with Crippen molar-refractivity contribution in [3.63, 3.8) is 0 Å². The Kier molecular flexibility index (Phi) is 5.88. The zero-order valence-corrected chi connectivity index (χ0v) is 15.8. The van der Waals surface area contributed by atoms with Crippen molar-refractivity contribution in [1.82, 2.24) is 10.4 Å². The topological polar surface area (TPSA) is 69.6 Å². The maximum Gasteiger partial charge on any atom is 0.326 e. The molecule has 0 atom stereocenters. The highest BCUT2D eigenvalue weighted by Gasteiger charge is 2.29. The van der Waals surface area contributed by atoms with Crippen LogP contribution in [0.4, 0.5) is 0 Å². The summed E-state index contributed by atoms with van der Waals surface area (Å²) in [5.74, 6) is -0.653. The highest BCUT2D eigenvalue weighted by atomic mass is 16.2. The number of hydrogen-bond acceptors (Lipinski definition) is 3. The van der Waals surface area contributed by atoms with Crippen molar-refractivity contribution in [3.05, 3.63) is 64.7 Å². The normalized spacial score (nSPS) is 11.0. The van der Waals surface area contributed by atoms with Crippen LogP contribution in [0.15, 0.2) is 42.5 Å². The van der Waals surface area contributed by atoms with Gasteiger partial charge in [0.05, 0.1) is 5.54 Å². The Morgan fingerprint density at radius 1 is 0.962 bits per heavy atom. The first-order valence-electron chi connectivity index (χ1n) is 8.43. The third kappa shape index (κ3) is 4.73. The Balaban J connectivity index is 2.29. The molecule has 2 amide bonds. The van der Waals surface area contributed by atoms with Gasteiger partial charge in [0.15, 0.2) is 0 Å². The summed E-state index contributed by atoms with van der Waals surface area (Å²) in [5.41, 5.74) is 5.62. The van der Waals surface area contributed by atoms with Crippen molar-refractivity contribution in [3.8, 4) is 0 Å². The lowest BCUT2D eigenvalue weighted by atomic mass is 9.88. The summed E-state index contributed by atoms with van der Waals surface area (Å²) in [4.78, 5) is 25.6. The fraction of sp³-hybridized carbons (Fsp3) is 0.300. The zero-order valence-electron chi connectivity index (χ0n) is 15.8. The molecular weight excluding hydrogens is 327 g/mol. The van der Waals surface area contributed by atoms with Gasteiger partial charge >= 0.3 is 7.48 Å². The van der Waals surface area contributed by atoms with Gasteiger partial charge in [-0.1, -0.05) is 34.8 Å². The average molecular weight is 351 g/mol. The molecule has 0 saturated carbocycles. The van der Waals surface area contributed by atoms with E-state index < -0.39 is 5.54 Å². The Hall–Kier alpha value is -2.60. The van der Waals surface area contributed by atoms with Crippen LogP contribution in [-0.2, 0) is 0 Å². The molecule has 0 saturated heterocycles. The van der Waals surface area contributed by atoms with Crippen LogP contribution >= 0.6 is 0 Å². The predicted molar refractivity (Wildman–Crippen MR) is 103 cm³/mol. The molecule has 0 fully saturated rings. The molecule has 2 N–H and O–H groups in total. The Labute approximate surface area is 155 Å². The van der Waals surface area contributed by atoms with E-state index in [1.165, 1.54) is 5.01 Å². The standard InChI is InChI=1S/C20H24BN2O3/c1-13-10-14(2)12-16(11-13)19(25)23(20(3,4)5)22-18(24)15-6-8-17(21-26)9-7-15/h6-12,26H,1-5H3,(H,22,24). The van der Waals surface area contributed by atoms with E-state index >= 15 is 0 Å². The van der Waals surface area contributed by atoms with E-state index in [1.54, 1.807) is 24.3 Å². The lowest BCUT2D eigenvalue weighted by Crippen LogP contribution is -2.55. The highest BCUT2D eigenvalue weighted by molar-refractivity contribution is 6.45. The second-order valence-corrected chi connectivity index (χ2v) is 7.38. The van der Waals surface area contributed by atoms with Gasteiger partial charge in [-0.25, -0.2) is 5.01 Å². The van der Waals surface area contributed by atoms with Crippen LogP contribution in [0.25, 0.3) is 0 Å². The number of nitrogens with zero attached hydrogens (tertiary/aromatic N) is 1. The summed E-state index contributed by atoms with van der Waals surface area (Å²) < 4.78 is 0. The number of amides is 2. The fourth-order valence-electron chi connectivity index (χ4n) is 2.64. The van der Waals surface area contributed by atoms with Crippen molar-refractivity contribution in [2.75, 3.05) is 0 Å². The molecule has 0 spiro atoms. The van der Waals surface area contributed by atoms with Crippen molar-refractivity contribution >= 4 is 24.8 Å². The third-order valence-electron chi connectivity index (χ3n) is 3.88. The molecule has 1 radical (unpaired) electrons. The Bertz CT molecular complexity index is 791. The van der Waals surface area contributed by atoms with Gasteiger partial charge in [0, 0.05) is 11.1 Å². The van der Waals surface area contributed by atoms with Gasteiger partial charge in [-0.05, 0) is 58.9 Å². The third-order valence-corrected chi connectivity index (χ3v) is 3.88. The van der Waals surface area contributed by atoms with E-state index in [9.17, 15) is 9.59 Å². The molecule has 0 aliphatic heterocycles. The summed E-state index contributed by atoms with van der Waals surface area (Å²) in [7, 11) is 0.965. The van der Waals surface area contributed by atoms with Crippen LogP contribution in [0.3, 0.4) is 0 Å². The molecule has 26 heavy (non-hydrogen) atoms. The number of hydrazine groups is 1. The summed E-state index contributed by atoms with van der Waals surface area (Å²) in [6, 6.07) is 12.1. The second kappa shape index (κ2) is 7.75. The number of carbonyl (C=O) groups excluding carboxylic acids is 2. The van der Waals surface area contributed by atoms with Gasteiger partial charge in [0.2, 0.25) is 0 Å². The second-order valence-electron chi connectivity index (χ2n) is 7.38. The van der Waals surface area contributed by atoms with E-state index in [0.717, 1.165) is 18.6 Å². The van der Waals surface area contributed by atoms with Crippen LogP contribution in [0.1, 0.15) is 52.6 Å². The number of aryl methyl sites for hydroxylation is 2. The zero-order chi connectivity index (χ0) is 19.5. The largest absolute Gasteiger partial charge is 0.450 e. The molecule has 2 aromatic rings. The van der Waals surface area contributed by atoms with E-state index in [1.807, 2.05) is 52.8 Å². The maximum atomic E-state index is 13.0.